The first-order valence-corrected chi connectivity index (χ1v) is 8.12. The third-order valence-corrected chi connectivity index (χ3v) is 4.26. The van der Waals surface area contributed by atoms with Gasteiger partial charge in [0.05, 0.1) is 6.61 Å². The summed E-state index contributed by atoms with van der Waals surface area (Å²) in [6.45, 7) is 0.721. The Morgan fingerprint density at radius 3 is 2.57 bits per heavy atom. The number of rotatable bonds is 5. The molecule has 0 aromatic heterocycles. The number of anilines is 1. The predicted octanol–water partition coefficient (Wildman–Crippen LogP) is 2.64. The van der Waals surface area contributed by atoms with Gasteiger partial charge in [-0.3, -0.25) is 4.99 Å². The minimum Gasteiger partial charge on any atom is -0.392 e. The van der Waals surface area contributed by atoms with Crippen LogP contribution in [0.25, 0.3) is 0 Å². The highest BCUT2D eigenvalue weighted by molar-refractivity contribution is 5.92. The molecule has 0 atom stereocenters. The molecule has 120 valence electrons. The molecule has 0 saturated heterocycles. The molecule has 4 nitrogen and oxygen atoms in total. The van der Waals surface area contributed by atoms with Gasteiger partial charge in [0.1, 0.15) is 0 Å². The van der Waals surface area contributed by atoms with Gasteiger partial charge in [-0.25, -0.2) is 0 Å². The summed E-state index contributed by atoms with van der Waals surface area (Å²) in [4.78, 5) is 4.38. The smallest absolute Gasteiger partial charge is 0.193 e. The number of hydrogen-bond acceptors (Lipinski definition) is 2. The van der Waals surface area contributed by atoms with Gasteiger partial charge < -0.3 is 16.2 Å². The third-order valence-electron chi connectivity index (χ3n) is 4.26. The van der Waals surface area contributed by atoms with Crippen LogP contribution in [0.3, 0.4) is 0 Å². The molecule has 0 heterocycles. The van der Waals surface area contributed by atoms with Crippen molar-refractivity contribution >= 4 is 11.6 Å². The third kappa shape index (κ3) is 4.11. The Morgan fingerprint density at radius 1 is 1.04 bits per heavy atom. The SMILES string of the molecule is NC(=NCCc1ccc(CO)cc1)Nc1ccc2c(c1)CCC2. The quantitative estimate of drug-likeness (QED) is 0.587. The Hall–Kier alpha value is -2.33. The van der Waals surface area contributed by atoms with Crippen molar-refractivity contribution in [2.45, 2.75) is 32.3 Å². The van der Waals surface area contributed by atoms with Gasteiger partial charge in [0.2, 0.25) is 0 Å². The first-order chi connectivity index (χ1) is 11.2. The molecule has 2 aromatic carbocycles. The maximum Gasteiger partial charge on any atom is 0.193 e. The van der Waals surface area contributed by atoms with Crippen LogP contribution in [0, 0.1) is 0 Å². The van der Waals surface area contributed by atoms with E-state index in [-0.39, 0.29) is 6.61 Å². The van der Waals surface area contributed by atoms with E-state index in [9.17, 15) is 0 Å². The molecule has 1 aliphatic carbocycles. The van der Waals surface area contributed by atoms with Crippen molar-refractivity contribution in [3.05, 3.63) is 64.7 Å². The standard InChI is InChI=1S/C19H23N3O/c20-19(21-11-10-14-4-6-15(13-23)7-5-14)22-18-9-8-16-2-1-3-17(16)12-18/h4-9,12,23H,1-3,10-11,13H2,(H3,20,21,22). The normalized spacial score (nSPS) is 13.9. The van der Waals surface area contributed by atoms with E-state index in [0.717, 1.165) is 24.1 Å². The van der Waals surface area contributed by atoms with Crippen molar-refractivity contribution in [2.75, 3.05) is 11.9 Å². The van der Waals surface area contributed by atoms with Crippen molar-refractivity contribution < 1.29 is 5.11 Å². The number of aliphatic hydroxyl groups excluding tert-OH is 1. The van der Waals surface area contributed by atoms with Gasteiger partial charge in [-0.1, -0.05) is 30.3 Å². The monoisotopic (exact) mass is 309 g/mol. The van der Waals surface area contributed by atoms with Crippen molar-refractivity contribution in [3.8, 4) is 0 Å². The number of aliphatic imine (C=N–C) groups is 1. The second-order valence-corrected chi connectivity index (χ2v) is 5.95. The number of fused-ring (bicyclic) bond motifs is 1. The molecule has 4 N–H and O–H groups in total. The van der Waals surface area contributed by atoms with Crippen LogP contribution >= 0.6 is 0 Å². The minimum absolute atomic E-state index is 0.0794. The minimum atomic E-state index is 0.0794. The fraction of sp³-hybridized carbons (Fsp3) is 0.316. The lowest BCUT2D eigenvalue weighted by Crippen LogP contribution is -2.23. The van der Waals surface area contributed by atoms with E-state index < -0.39 is 0 Å². The van der Waals surface area contributed by atoms with E-state index in [1.807, 2.05) is 24.3 Å². The average Bonchev–Trinajstić information content (AvgIpc) is 3.03. The molecule has 23 heavy (non-hydrogen) atoms. The lowest BCUT2D eigenvalue weighted by Gasteiger charge is -2.08. The van der Waals surface area contributed by atoms with Gasteiger partial charge in [-0.15, -0.1) is 0 Å². The predicted molar refractivity (Wildman–Crippen MR) is 94.6 cm³/mol. The molecule has 0 bridgehead atoms. The summed E-state index contributed by atoms with van der Waals surface area (Å²) in [6.07, 6.45) is 4.43. The number of nitrogens with one attached hydrogen (secondary N) is 1. The molecule has 2 aromatic rings. The summed E-state index contributed by atoms with van der Waals surface area (Å²) in [7, 11) is 0. The second kappa shape index (κ2) is 7.29. The number of hydrogen-bond donors (Lipinski definition) is 3. The number of guanidine groups is 1. The van der Waals surface area contributed by atoms with Gasteiger partial charge in [0, 0.05) is 12.2 Å². The molecule has 0 radical (unpaired) electrons. The Bertz CT molecular complexity index is 692. The average molecular weight is 309 g/mol. The Balaban J connectivity index is 1.53. The Kier molecular flexibility index (Phi) is 4.93. The molecule has 0 aliphatic heterocycles. The maximum absolute atomic E-state index is 9.03. The summed E-state index contributed by atoms with van der Waals surface area (Å²) >= 11 is 0. The summed E-state index contributed by atoms with van der Waals surface area (Å²) in [5.41, 5.74) is 12.0. The molecule has 3 rings (SSSR count). The van der Waals surface area contributed by atoms with Gasteiger partial charge in [-0.2, -0.15) is 0 Å². The molecule has 0 spiro atoms. The summed E-state index contributed by atoms with van der Waals surface area (Å²) < 4.78 is 0. The number of aryl methyl sites for hydroxylation is 2. The van der Waals surface area contributed by atoms with E-state index in [1.165, 1.54) is 29.5 Å². The van der Waals surface area contributed by atoms with E-state index in [2.05, 4.69) is 28.5 Å². The van der Waals surface area contributed by atoms with Gasteiger partial charge in [0.15, 0.2) is 5.96 Å². The zero-order valence-electron chi connectivity index (χ0n) is 13.3. The fourth-order valence-electron chi connectivity index (χ4n) is 2.95. The molecule has 0 amide bonds. The lowest BCUT2D eigenvalue weighted by atomic mass is 10.1. The lowest BCUT2D eigenvalue weighted by molar-refractivity contribution is 0.282. The van der Waals surface area contributed by atoms with Gasteiger partial charge in [-0.05, 0) is 60.1 Å². The van der Waals surface area contributed by atoms with Crippen molar-refractivity contribution in [3.63, 3.8) is 0 Å². The topological polar surface area (TPSA) is 70.6 Å². The fourth-order valence-corrected chi connectivity index (χ4v) is 2.95. The summed E-state index contributed by atoms with van der Waals surface area (Å²) in [5, 5.41) is 12.2. The second-order valence-electron chi connectivity index (χ2n) is 5.95. The van der Waals surface area contributed by atoms with Crippen LogP contribution in [0.1, 0.15) is 28.7 Å². The zero-order valence-corrected chi connectivity index (χ0v) is 13.3. The first-order valence-electron chi connectivity index (χ1n) is 8.12. The van der Waals surface area contributed by atoms with Crippen LogP contribution in [-0.4, -0.2) is 17.6 Å². The largest absolute Gasteiger partial charge is 0.392 e. The van der Waals surface area contributed by atoms with Crippen molar-refractivity contribution in [1.82, 2.24) is 0 Å². The van der Waals surface area contributed by atoms with Crippen LogP contribution < -0.4 is 11.1 Å². The number of benzene rings is 2. The van der Waals surface area contributed by atoms with Crippen LogP contribution in [0.5, 0.6) is 0 Å². The molecule has 4 heteroatoms. The van der Waals surface area contributed by atoms with Crippen LogP contribution in [-0.2, 0) is 25.9 Å². The van der Waals surface area contributed by atoms with Gasteiger partial charge >= 0.3 is 0 Å². The molecule has 0 fully saturated rings. The van der Waals surface area contributed by atoms with E-state index in [0.29, 0.717) is 12.5 Å². The number of aliphatic hydroxyl groups is 1. The molecule has 0 unspecified atom stereocenters. The molecular weight excluding hydrogens is 286 g/mol. The summed E-state index contributed by atoms with van der Waals surface area (Å²) in [5.74, 6) is 0.454. The summed E-state index contributed by atoms with van der Waals surface area (Å²) in [6, 6.07) is 14.3. The molecule has 0 saturated carbocycles. The molecular formula is C19H23N3O. The van der Waals surface area contributed by atoms with E-state index >= 15 is 0 Å². The van der Waals surface area contributed by atoms with Gasteiger partial charge in [0.25, 0.3) is 0 Å². The highest BCUT2D eigenvalue weighted by Crippen LogP contribution is 2.24. The highest BCUT2D eigenvalue weighted by atomic mass is 16.3. The van der Waals surface area contributed by atoms with Crippen LogP contribution in [0.2, 0.25) is 0 Å². The van der Waals surface area contributed by atoms with Crippen molar-refractivity contribution in [2.24, 2.45) is 10.7 Å². The Labute approximate surface area is 137 Å². The first kappa shape index (κ1) is 15.6. The number of nitrogens with two attached hydrogens (primary N) is 1. The maximum atomic E-state index is 9.03. The Morgan fingerprint density at radius 2 is 1.78 bits per heavy atom. The highest BCUT2D eigenvalue weighted by Gasteiger charge is 2.10. The molecule has 1 aliphatic rings. The van der Waals surface area contributed by atoms with E-state index in [1.54, 1.807) is 0 Å². The van der Waals surface area contributed by atoms with Crippen LogP contribution in [0.4, 0.5) is 5.69 Å². The van der Waals surface area contributed by atoms with Crippen molar-refractivity contribution in [1.29, 1.82) is 0 Å². The zero-order chi connectivity index (χ0) is 16.1. The van der Waals surface area contributed by atoms with E-state index in [4.69, 9.17) is 10.8 Å². The number of nitrogens with zero attached hydrogens (tertiary/aromatic N) is 1. The van der Waals surface area contributed by atoms with Crippen LogP contribution in [0.15, 0.2) is 47.5 Å².